The Balaban J connectivity index is 1.96. The molecule has 22 heavy (non-hydrogen) atoms. The van der Waals surface area contributed by atoms with E-state index in [1.165, 1.54) is 0 Å². The predicted octanol–water partition coefficient (Wildman–Crippen LogP) is 4.24. The standard InChI is InChI=1S/C15H15Cl2N5/c1-2-8-22-9-18-11-13(20-15(17)21-14(11)22)19-12(16)10-6-4-3-5-7-10/h3-7,9,12H,2,8H2,1H3,(H,19,20,21). The van der Waals surface area contributed by atoms with Crippen molar-refractivity contribution in [1.29, 1.82) is 0 Å². The second-order valence-electron chi connectivity index (χ2n) is 4.87. The lowest BCUT2D eigenvalue weighted by Gasteiger charge is -2.13. The van der Waals surface area contributed by atoms with Crippen LogP contribution in [0.1, 0.15) is 24.4 Å². The van der Waals surface area contributed by atoms with Crippen molar-refractivity contribution >= 4 is 40.2 Å². The van der Waals surface area contributed by atoms with Crippen molar-refractivity contribution in [2.45, 2.75) is 25.4 Å². The van der Waals surface area contributed by atoms with Crippen LogP contribution >= 0.6 is 23.2 Å². The summed E-state index contributed by atoms with van der Waals surface area (Å²) in [5.74, 6) is 0.536. The van der Waals surface area contributed by atoms with Gasteiger partial charge in [-0.2, -0.15) is 9.97 Å². The van der Waals surface area contributed by atoms with Gasteiger partial charge in [0, 0.05) is 6.54 Å². The molecule has 1 N–H and O–H groups in total. The van der Waals surface area contributed by atoms with Crippen LogP contribution in [0.2, 0.25) is 5.28 Å². The van der Waals surface area contributed by atoms with Gasteiger partial charge in [-0.05, 0) is 23.6 Å². The molecule has 0 spiro atoms. The van der Waals surface area contributed by atoms with Crippen molar-refractivity contribution in [2.75, 3.05) is 5.32 Å². The van der Waals surface area contributed by atoms with E-state index >= 15 is 0 Å². The monoisotopic (exact) mass is 335 g/mol. The maximum Gasteiger partial charge on any atom is 0.226 e. The van der Waals surface area contributed by atoms with Crippen LogP contribution in [0.5, 0.6) is 0 Å². The molecule has 5 nitrogen and oxygen atoms in total. The fourth-order valence-corrected chi connectivity index (χ4v) is 2.66. The second kappa shape index (κ2) is 6.50. The molecule has 7 heteroatoms. The fourth-order valence-electron chi connectivity index (χ4n) is 2.25. The molecule has 0 amide bonds. The van der Waals surface area contributed by atoms with E-state index in [1.807, 2.05) is 34.9 Å². The first-order valence-electron chi connectivity index (χ1n) is 7.03. The number of nitrogens with one attached hydrogen (secondary N) is 1. The number of imidazole rings is 1. The zero-order valence-corrected chi connectivity index (χ0v) is 13.5. The number of nitrogens with zero attached hydrogens (tertiary/aromatic N) is 4. The summed E-state index contributed by atoms with van der Waals surface area (Å²) in [7, 11) is 0. The minimum Gasteiger partial charge on any atom is -0.348 e. The first-order valence-corrected chi connectivity index (χ1v) is 7.84. The number of fused-ring (bicyclic) bond motifs is 1. The van der Waals surface area contributed by atoms with E-state index in [0.29, 0.717) is 17.0 Å². The maximum atomic E-state index is 6.41. The molecule has 1 atom stereocenters. The molecule has 0 aliphatic rings. The molecule has 0 bridgehead atoms. The number of hydrogen-bond acceptors (Lipinski definition) is 4. The van der Waals surface area contributed by atoms with Crippen molar-refractivity contribution in [2.24, 2.45) is 0 Å². The third-order valence-electron chi connectivity index (χ3n) is 3.26. The molecule has 0 saturated carbocycles. The lowest BCUT2D eigenvalue weighted by atomic mass is 10.2. The largest absolute Gasteiger partial charge is 0.348 e. The normalized spacial score (nSPS) is 12.5. The Kier molecular flexibility index (Phi) is 4.45. The number of halogens is 2. The highest BCUT2D eigenvalue weighted by Crippen LogP contribution is 2.27. The average Bonchev–Trinajstić information content (AvgIpc) is 2.92. The number of hydrogen-bond donors (Lipinski definition) is 1. The molecule has 0 saturated heterocycles. The highest BCUT2D eigenvalue weighted by Gasteiger charge is 2.15. The topological polar surface area (TPSA) is 55.6 Å². The molecule has 1 unspecified atom stereocenters. The van der Waals surface area contributed by atoms with Gasteiger partial charge in [-0.3, -0.25) is 0 Å². The van der Waals surface area contributed by atoms with Gasteiger partial charge in [-0.25, -0.2) is 4.98 Å². The quantitative estimate of drug-likeness (QED) is 0.430. The highest BCUT2D eigenvalue weighted by molar-refractivity contribution is 6.28. The lowest BCUT2D eigenvalue weighted by molar-refractivity contribution is 0.691. The molecule has 0 aliphatic heterocycles. The van der Waals surface area contributed by atoms with Crippen molar-refractivity contribution in [1.82, 2.24) is 19.5 Å². The zero-order chi connectivity index (χ0) is 15.5. The SMILES string of the molecule is CCCn1cnc2c(NC(Cl)c3ccccc3)nc(Cl)nc21. The zero-order valence-electron chi connectivity index (χ0n) is 12.0. The van der Waals surface area contributed by atoms with Gasteiger partial charge in [-0.15, -0.1) is 0 Å². The van der Waals surface area contributed by atoms with E-state index in [2.05, 4.69) is 27.2 Å². The van der Waals surface area contributed by atoms with Crippen molar-refractivity contribution in [3.8, 4) is 0 Å². The van der Waals surface area contributed by atoms with Crippen LogP contribution in [0.15, 0.2) is 36.7 Å². The van der Waals surface area contributed by atoms with E-state index < -0.39 is 5.50 Å². The fraction of sp³-hybridized carbons (Fsp3) is 0.267. The summed E-state index contributed by atoms with van der Waals surface area (Å²) in [5.41, 5.74) is 1.90. The molecule has 1 aromatic carbocycles. The van der Waals surface area contributed by atoms with E-state index in [9.17, 15) is 0 Å². The van der Waals surface area contributed by atoms with Gasteiger partial charge in [0.25, 0.3) is 0 Å². The van der Waals surface area contributed by atoms with E-state index in [4.69, 9.17) is 23.2 Å². The molecular weight excluding hydrogens is 321 g/mol. The average molecular weight is 336 g/mol. The smallest absolute Gasteiger partial charge is 0.226 e. The summed E-state index contributed by atoms with van der Waals surface area (Å²) in [4.78, 5) is 12.9. The number of benzene rings is 1. The number of alkyl halides is 1. The van der Waals surface area contributed by atoms with Gasteiger partial charge in [0.05, 0.1) is 6.33 Å². The van der Waals surface area contributed by atoms with Crippen LogP contribution in [0.4, 0.5) is 5.82 Å². The summed E-state index contributed by atoms with van der Waals surface area (Å²) in [6.07, 6.45) is 2.73. The third kappa shape index (κ3) is 3.00. The Morgan fingerprint density at radius 3 is 2.73 bits per heavy atom. The van der Waals surface area contributed by atoms with Gasteiger partial charge in [0.2, 0.25) is 5.28 Å². The number of aryl methyl sites for hydroxylation is 1. The minimum atomic E-state index is -0.424. The number of aromatic nitrogens is 4. The van der Waals surface area contributed by atoms with Crippen LogP contribution in [0.3, 0.4) is 0 Å². The van der Waals surface area contributed by atoms with Gasteiger partial charge >= 0.3 is 0 Å². The van der Waals surface area contributed by atoms with Crippen molar-refractivity contribution in [3.63, 3.8) is 0 Å². The molecule has 0 fully saturated rings. The highest BCUT2D eigenvalue weighted by atomic mass is 35.5. The van der Waals surface area contributed by atoms with Crippen LogP contribution in [-0.2, 0) is 6.54 Å². The first kappa shape index (κ1) is 15.1. The summed E-state index contributed by atoms with van der Waals surface area (Å²) >= 11 is 12.4. The molecular formula is C15H15Cl2N5. The van der Waals surface area contributed by atoms with E-state index in [0.717, 1.165) is 18.5 Å². The molecule has 2 aromatic heterocycles. The molecule has 3 aromatic rings. The minimum absolute atomic E-state index is 0.171. The molecule has 114 valence electrons. The Bertz CT molecular complexity index is 772. The second-order valence-corrected chi connectivity index (χ2v) is 5.64. The molecule has 0 radical (unpaired) electrons. The Hall–Kier alpha value is -1.85. The van der Waals surface area contributed by atoms with Crippen LogP contribution in [0, 0.1) is 0 Å². The van der Waals surface area contributed by atoms with Crippen molar-refractivity contribution < 1.29 is 0 Å². The lowest BCUT2D eigenvalue weighted by Crippen LogP contribution is -2.07. The van der Waals surface area contributed by atoms with E-state index in [-0.39, 0.29) is 5.28 Å². The Morgan fingerprint density at radius 2 is 2.00 bits per heavy atom. The number of anilines is 1. The summed E-state index contributed by atoms with van der Waals surface area (Å²) in [6.45, 7) is 2.92. The van der Waals surface area contributed by atoms with Crippen LogP contribution in [-0.4, -0.2) is 19.5 Å². The summed E-state index contributed by atoms with van der Waals surface area (Å²) in [5, 5.41) is 3.32. The van der Waals surface area contributed by atoms with Crippen molar-refractivity contribution in [3.05, 3.63) is 47.5 Å². The van der Waals surface area contributed by atoms with Crippen LogP contribution < -0.4 is 5.32 Å². The van der Waals surface area contributed by atoms with Crippen LogP contribution in [0.25, 0.3) is 11.2 Å². The van der Waals surface area contributed by atoms with Gasteiger partial charge in [0.15, 0.2) is 17.0 Å². The predicted molar refractivity (Wildman–Crippen MR) is 89.3 cm³/mol. The maximum absolute atomic E-state index is 6.41. The Morgan fingerprint density at radius 1 is 1.23 bits per heavy atom. The Labute approximate surface area is 138 Å². The molecule has 3 rings (SSSR count). The molecule has 0 aliphatic carbocycles. The van der Waals surface area contributed by atoms with Gasteiger partial charge in [0.1, 0.15) is 5.50 Å². The third-order valence-corrected chi connectivity index (χ3v) is 3.79. The first-order chi connectivity index (χ1) is 10.7. The molecule has 2 heterocycles. The van der Waals surface area contributed by atoms with Gasteiger partial charge < -0.3 is 9.88 Å². The number of rotatable bonds is 5. The summed E-state index contributed by atoms with van der Waals surface area (Å²) in [6, 6.07) is 9.70. The van der Waals surface area contributed by atoms with Gasteiger partial charge in [-0.1, -0.05) is 48.9 Å². The van der Waals surface area contributed by atoms with E-state index in [1.54, 1.807) is 6.33 Å². The summed E-state index contributed by atoms with van der Waals surface area (Å²) < 4.78 is 1.96.